The minimum Gasteiger partial charge on any atom is -0.314 e. The molecule has 0 saturated carbocycles. The second-order valence-corrected chi connectivity index (χ2v) is 5.43. The van der Waals surface area contributed by atoms with E-state index in [1.807, 2.05) is 11.3 Å². The van der Waals surface area contributed by atoms with Gasteiger partial charge >= 0.3 is 0 Å². The lowest BCUT2D eigenvalue weighted by Crippen LogP contribution is -2.42. The Morgan fingerprint density at radius 3 is 2.64 bits per heavy atom. The van der Waals surface area contributed by atoms with Crippen molar-refractivity contribution in [2.75, 3.05) is 26.2 Å². The van der Waals surface area contributed by atoms with E-state index in [9.17, 15) is 0 Å². The van der Waals surface area contributed by atoms with Crippen LogP contribution in [0.3, 0.4) is 0 Å². The van der Waals surface area contributed by atoms with Crippen LogP contribution in [0.2, 0.25) is 0 Å². The van der Waals surface area contributed by atoms with E-state index < -0.39 is 0 Å². The third-order valence-electron chi connectivity index (χ3n) is 2.75. The quantitative estimate of drug-likeness (QED) is 0.800. The summed E-state index contributed by atoms with van der Waals surface area (Å²) in [6, 6.07) is 2.34. The van der Waals surface area contributed by atoms with Crippen LogP contribution in [-0.2, 0) is 6.54 Å². The van der Waals surface area contributed by atoms with Crippen molar-refractivity contribution < 1.29 is 0 Å². The number of piperazine rings is 1. The summed E-state index contributed by atoms with van der Waals surface area (Å²) in [5.41, 5.74) is 1.52. The summed E-state index contributed by atoms with van der Waals surface area (Å²) >= 11 is 1.92. The van der Waals surface area contributed by atoms with Gasteiger partial charge in [-0.2, -0.15) is 0 Å². The van der Waals surface area contributed by atoms with E-state index in [1.165, 1.54) is 28.4 Å². The zero-order chi connectivity index (χ0) is 9.97. The molecule has 0 unspecified atom stereocenters. The van der Waals surface area contributed by atoms with Crippen LogP contribution in [-0.4, -0.2) is 31.1 Å². The van der Waals surface area contributed by atoms with Gasteiger partial charge in [0, 0.05) is 42.5 Å². The summed E-state index contributed by atoms with van der Waals surface area (Å²) in [4.78, 5) is 5.46. The molecule has 1 aliphatic rings. The van der Waals surface area contributed by atoms with Crippen LogP contribution in [0.1, 0.15) is 15.3 Å². The molecule has 3 heteroatoms. The van der Waals surface area contributed by atoms with Gasteiger partial charge in [-0.1, -0.05) is 0 Å². The maximum absolute atomic E-state index is 3.38. The maximum Gasteiger partial charge on any atom is 0.0245 e. The van der Waals surface area contributed by atoms with E-state index in [-0.39, 0.29) is 0 Å². The van der Waals surface area contributed by atoms with Crippen molar-refractivity contribution >= 4 is 11.3 Å². The Hall–Kier alpha value is -0.380. The van der Waals surface area contributed by atoms with Crippen molar-refractivity contribution in [3.63, 3.8) is 0 Å². The predicted octanol–water partition coefficient (Wildman–Crippen LogP) is 1.77. The first-order valence-electron chi connectivity index (χ1n) is 5.24. The molecule has 0 amide bonds. The molecule has 0 radical (unpaired) electrons. The Bertz CT molecular complexity index is 300. The van der Waals surface area contributed by atoms with Crippen molar-refractivity contribution in [2.45, 2.75) is 20.4 Å². The second kappa shape index (κ2) is 4.43. The largest absolute Gasteiger partial charge is 0.314 e. The monoisotopic (exact) mass is 210 g/mol. The van der Waals surface area contributed by atoms with E-state index in [0.717, 1.165) is 19.6 Å². The summed E-state index contributed by atoms with van der Waals surface area (Å²) in [6.45, 7) is 10.2. The summed E-state index contributed by atoms with van der Waals surface area (Å²) in [7, 11) is 0. The minimum atomic E-state index is 1.14. The number of nitrogens with zero attached hydrogens (tertiary/aromatic N) is 1. The number of hydrogen-bond acceptors (Lipinski definition) is 3. The van der Waals surface area contributed by atoms with Gasteiger partial charge in [-0.15, -0.1) is 11.3 Å². The van der Waals surface area contributed by atoms with Crippen molar-refractivity contribution in [1.29, 1.82) is 0 Å². The molecule has 2 rings (SSSR count). The highest BCUT2D eigenvalue weighted by Gasteiger charge is 2.11. The number of hydrogen-bond donors (Lipinski definition) is 1. The normalized spacial score (nSPS) is 18.7. The highest BCUT2D eigenvalue weighted by Crippen LogP contribution is 2.21. The van der Waals surface area contributed by atoms with Crippen molar-refractivity contribution in [2.24, 2.45) is 0 Å². The Kier molecular flexibility index (Phi) is 3.21. The van der Waals surface area contributed by atoms with Gasteiger partial charge in [0.05, 0.1) is 0 Å². The van der Waals surface area contributed by atoms with E-state index in [2.05, 4.69) is 30.1 Å². The van der Waals surface area contributed by atoms with Crippen LogP contribution >= 0.6 is 11.3 Å². The van der Waals surface area contributed by atoms with Crippen LogP contribution in [0.5, 0.6) is 0 Å². The molecule has 0 aliphatic carbocycles. The maximum atomic E-state index is 3.38. The molecule has 1 saturated heterocycles. The molecule has 1 aromatic heterocycles. The Morgan fingerprint density at radius 2 is 2.07 bits per heavy atom. The Labute approximate surface area is 89.9 Å². The summed E-state index contributed by atoms with van der Waals surface area (Å²) in [5.74, 6) is 0. The molecule has 14 heavy (non-hydrogen) atoms. The van der Waals surface area contributed by atoms with E-state index in [4.69, 9.17) is 0 Å². The molecule has 78 valence electrons. The van der Waals surface area contributed by atoms with Crippen LogP contribution < -0.4 is 5.32 Å². The number of thiophene rings is 1. The van der Waals surface area contributed by atoms with Gasteiger partial charge in [0.25, 0.3) is 0 Å². The number of nitrogens with one attached hydrogen (secondary N) is 1. The Balaban J connectivity index is 1.98. The van der Waals surface area contributed by atoms with Crippen LogP contribution in [0.4, 0.5) is 0 Å². The fraction of sp³-hybridized carbons (Fsp3) is 0.636. The standard InChI is InChI=1S/C11H18N2S/c1-9-7-11(10(2)14-9)8-13-5-3-12-4-6-13/h7,12H,3-6,8H2,1-2H3. The SMILES string of the molecule is Cc1cc(CN2CCNCC2)c(C)s1. The Morgan fingerprint density at radius 1 is 1.36 bits per heavy atom. The zero-order valence-electron chi connectivity index (χ0n) is 8.97. The first-order valence-corrected chi connectivity index (χ1v) is 6.06. The second-order valence-electron chi connectivity index (χ2n) is 3.96. The van der Waals surface area contributed by atoms with Crippen LogP contribution in [0.25, 0.3) is 0 Å². The summed E-state index contributed by atoms with van der Waals surface area (Å²) in [6.07, 6.45) is 0. The van der Waals surface area contributed by atoms with E-state index in [1.54, 1.807) is 0 Å². The van der Waals surface area contributed by atoms with Gasteiger partial charge in [-0.25, -0.2) is 0 Å². The van der Waals surface area contributed by atoms with Crippen molar-refractivity contribution in [1.82, 2.24) is 10.2 Å². The molecular weight excluding hydrogens is 192 g/mol. The van der Waals surface area contributed by atoms with Gasteiger partial charge in [0.2, 0.25) is 0 Å². The van der Waals surface area contributed by atoms with Gasteiger partial charge in [0.15, 0.2) is 0 Å². The fourth-order valence-electron chi connectivity index (χ4n) is 1.95. The van der Waals surface area contributed by atoms with E-state index >= 15 is 0 Å². The molecule has 2 heterocycles. The predicted molar refractivity (Wildman–Crippen MR) is 61.9 cm³/mol. The molecule has 2 nitrogen and oxygen atoms in total. The van der Waals surface area contributed by atoms with Crippen molar-refractivity contribution in [3.8, 4) is 0 Å². The molecule has 1 N–H and O–H groups in total. The lowest BCUT2D eigenvalue weighted by molar-refractivity contribution is 0.233. The molecule has 0 spiro atoms. The van der Waals surface area contributed by atoms with E-state index in [0.29, 0.717) is 0 Å². The summed E-state index contributed by atoms with van der Waals surface area (Å²) < 4.78 is 0. The number of aryl methyl sites for hydroxylation is 2. The van der Waals surface area contributed by atoms with Gasteiger partial charge in [-0.05, 0) is 25.5 Å². The number of rotatable bonds is 2. The lowest BCUT2D eigenvalue weighted by atomic mass is 10.2. The molecule has 0 bridgehead atoms. The third kappa shape index (κ3) is 2.35. The summed E-state index contributed by atoms with van der Waals surface area (Å²) in [5, 5.41) is 3.38. The first-order chi connectivity index (χ1) is 6.75. The van der Waals surface area contributed by atoms with Crippen molar-refractivity contribution in [3.05, 3.63) is 21.4 Å². The first kappa shape index (κ1) is 10.1. The van der Waals surface area contributed by atoms with Gasteiger partial charge in [0.1, 0.15) is 0 Å². The highest BCUT2D eigenvalue weighted by atomic mass is 32.1. The average molecular weight is 210 g/mol. The molecule has 1 aliphatic heterocycles. The third-order valence-corrected chi connectivity index (χ3v) is 3.76. The smallest absolute Gasteiger partial charge is 0.0245 e. The molecule has 0 aromatic carbocycles. The lowest BCUT2D eigenvalue weighted by Gasteiger charge is -2.27. The molecular formula is C11H18N2S. The molecule has 1 fully saturated rings. The highest BCUT2D eigenvalue weighted by molar-refractivity contribution is 7.12. The zero-order valence-corrected chi connectivity index (χ0v) is 9.78. The average Bonchev–Trinajstić information content (AvgIpc) is 2.47. The molecule has 1 aromatic rings. The molecule has 0 atom stereocenters. The fourth-order valence-corrected chi connectivity index (χ4v) is 2.89. The minimum absolute atomic E-state index is 1.14. The van der Waals surface area contributed by atoms with Gasteiger partial charge in [-0.3, -0.25) is 4.90 Å². The van der Waals surface area contributed by atoms with Crippen LogP contribution in [0, 0.1) is 13.8 Å². The van der Waals surface area contributed by atoms with Gasteiger partial charge < -0.3 is 5.32 Å². The van der Waals surface area contributed by atoms with Crippen LogP contribution in [0.15, 0.2) is 6.07 Å². The topological polar surface area (TPSA) is 15.3 Å².